The molecule has 2 atom stereocenters. The minimum Gasteiger partial charge on any atom is -0.342 e. The molecule has 2 aliphatic rings. The molecule has 0 spiro atoms. The third-order valence-electron chi connectivity index (χ3n) is 4.64. The topological polar surface area (TPSA) is 32.3 Å². The minimum absolute atomic E-state index is 0.250. The molecule has 2 heterocycles. The number of rotatable bonds is 2. The van der Waals surface area contributed by atoms with Crippen LogP contribution >= 0.6 is 11.6 Å². The molecule has 1 aromatic rings. The van der Waals surface area contributed by atoms with Crippen molar-refractivity contribution in [2.24, 2.45) is 11.8 Å². The van der Waals surface area contributed by atoms with Crippen LogP contribution in [0.2, 0.25) is 5.02 Å². The van der Waals surface area contributed by atoms with Crippen LogP contribution in [-0.4, -0.2) is 37.0 Å². The Morgan fingerprint density at radius 1 is 1.15 bits per heavy atom. The van der Waals surface area contributed by atoms with Crippen molar-refractivity contribution in [3.05, 3.63) is 34.9 Å². The van der Waals surface area contributed by atoms with E-state index in [1.54, 1.807) is 0 Å². The summed E-state index contributed by atoms with van der Waals surface area (Å²) in [5.74, 6) is 1.78. The number of nitrogens with zero attached hydrogens (tertiary/aromatic N) is 1. The average Bonchev–Trinajstić information content (AvgIpc) is 2.80. The first-order chi connectivity index (χ1) is 9.72. The van der Waals surface area contributed by atoms with Gasteiger partial charge in [-0.15, -0.1) is 0 Å². The Balaban J connectivity index is 1.58. The number of amides is 1. The van der Waals surface area contributed by atoms with Gasteiger partial charge in [0.05, 0.1) is 6.42 Å². The Bertz CT molecular complexity index is 460. The van der Waals surface area contributed by atoms with E-state index in [0.717, 1.165) is 61.4 Å². The number of halogens is 1. The molecule has 108 valence electrons. The van der Waals surface area contributed by atoms with E-state index in [-0.39, 0.29) is 5.91 Å². The SMILES string of the molecule is O=C(Cc1ccc(Cl)cc1)N1CC[C@@H]2CNC[C@@H]2CC1. The highest BCUT2D eigenvalue weighted by Crippen LogP contribution is 2.27. The maximum absolute atomic E-state index is 12.4. The van der Waals surface area contributed by atoms with E-state index < -0.39 is 0 Å². The lowest BCUT2D eigenvalue weighted by molar-refractivity contribution is -0.130. The van der Waals surface area contributed by atoms with Crippen LogP contribution in [0.3, 0.4) is 0 Å². The first-order valence-corrected chi connectivity index (χ1v) is 7.83. The molecular formula is C16H21ClN2O. The first-order valence-electron chi connectivity index (χ1n) is 7.45. The lowest BCUT2D eigenvalue weighted by Crippen LogP contribution is -2.33. The average molecular weight is 293 g/mol. The number of hydrogen-bond acceptors (Lipinski definition) is 2. The fourth-order valence-electron chi connectivity index (χ4n) is 3.36. The molecule has 4 heteroatoms. The van der Waals surface area contributed by atoms with E-state index in [1.807, 2.05) is 29.2 Å². The predicted octanol–water partition coefficient (Wildman–Crippen LogP) is 2.34. The molecule has 2 aliphatic heterocycles. The Morgan fingerprint density at radius 3 is 2.35 bits per heavy atom. The molecule has 20 heavy (non-hydrogen) atoms. The summed E-state index contributed by atoms with van der Waals surface area (Å²) < 4.78 is 0. The van der Waals surface area contributed by atoms with Gasteiger partial charge in [0.15, 0.2) is 0 Å². The van der Waals surface area contributed by atoms with Gasteiger partial charge in [0.2, 0.25) is 5.91 Å². The van der Waals surface area contributed by atoms with Crippen molar-refractivity contribution in [3.8, 4) is 0 Å². The minimum atomic E-state index is 0.250. The molecular weight excluding hydrogens is 272 g/mol. The van der Waals surface area contributed by atoms with Crippen molar-refractivity contribution < 1.29 is 4.79 Å². The predicted molar refractivity (Wildman–Crippen MR) is 80.8 cm³/mol. The molecule has 2 fully saturated rings. The molecule has 0 bridgehead atoms. The monoisotopic (exact) mass is 292 g/mol. The van der Waals surface area contributed by atoms with Crippen molar-refractivity contribution in [3.63, 3.8) is 0 Å². The molecule has 0 radical (unpaired) electrons. The maximum atomic E-state index is 12.4. The zero-order valence-electron chi connectivity index (χ0n) is 11.6. The molecule has 0 aliphatic carbocycles. The highest BCUT2D eigenvalue weighted by molar-refractivity contribution is 6.30. The van der Waals surface area contributed by atoms with Crippen molar-refractivity contribution in [2.75, 3.05) is 26.2 Å². The van der Waals surface area contributed by atoms with Crippen molar-refractivity contribution >= 4 is 17.5 Å². The summed E-state index contributed by atoms with van der Waals surface area (Å²) in [6.45, 7) is 4.08. The van der Waals surface area contributed by atoms with E-state index in [4.69, 9.17) is 11.6 Å². The smallest absolute Gasteiger partial charge is 0.226 e. The number of fused-ring (bicyclic) bond motifs is 1. The van der Waals surface area contributed by atoms with Gasteiger partial charge in [-0.2, -0.15) is 0 Å². The van der Waals surface area contributed by atoms with E-state index in [1.165, 1.54) is 0 Å². The van der Waals surface area contributed by atoms with Crippen LogP contribution in [0.4, 0.5) is 0 Å². The highest BCUT2D eigenvalue weighted by atomic mass is 35.5. The quantitative estimate of drug-likeness (QED) is 0.907. The van der Waals surface area contributed by atoms with Crippen molar-refractivity contribution in [1.82, 2.24) is 10.2 Å². The molecule has 1 amide bonds. The second-order valence-electron chi connectivity index (χ2n) is 5.94. The Hall–Kier alpha value is -1.06. The van der Waals surface area contributed by atoms with Gasteiger partial charge >= 0.3 is 0 Å². The molecule has 3 rings (SSSR count). The lowest BCUT2D eigenvalue weighted by Gasteiger charge is -2.21. The van der Waals surface area contributed by atoms with Crippen LogP contribution in [0.5, 0.6) is 0 Å². The number of hydrogen-bond donors (Lipinski definition) is 1. The fourth-order valence-corrected chi connectivity index (χ4v) is 3.48. The summed E-state index contributed by atoms with van der Waals surface area (Å²) >= 11 is 5.87. The van der Waals surface area contributed by atoms with Gasteiger partial charge < -0.3 is 10.2 Å². The molecule has 0 saturated carbocycles. The zero-order valence-corrected chi connectivity index (χ0v) is 12.4. The van der Waals surface area contributed by atoms with E-state index >= 15 is 0 Å². The fraction of sp³-hybridized carbons (Fsp3) is 0.562. The normalized spacial score (nSPS) is 26.1. The van der Waals surface area contributed by atoms with E-state index in [9.17, 15) is 4.79 Å². The van der Waals surface area contributed by atoms with Crippen LogP contribution in [-0.2, 0) is 11.2 Å². The first kappa shape index (κ1) is 13.9. The van der Waals surface area contributed by atoms with E-state index in [0.29, 0.717) is 6.42 Å². The summed E-state index contributed by atoms with van der Waals surface area (Å²) in [6, 6.07) is 7.58. The van der Waals surface area contributed by atoms with Gasteiger partial charge in [0.1, 0.15) is 0 Å². The van der Waals surface area contributed by atoms with Gasteiger partial charge in [-0.25, -0.2) is 0 Å². The second-order valence-corrected chi connectivity index (χ2v) is 6.38. The summed E-state index contributed by atoms with van der Waals surface area (Å²) in [5, 5.41) is 4.18. The molecule has 1 N–H and O–H groups in total. The lowest BCUT2D eigenvalue weighted by atomic mass is 9.92. The molecule has 2 saturated heterocycles. The van der Waals surface area contributed by atoms with Crippen molar-refractivity contribution in [1.29, 1.82) is 0 Å². The zero-order chi connectivity index (χ0) is 13.9. The summed E-state index contributed by atoms with van der Waals surface area (Å²) in [7, 11) is 0. The van der Waals surface area contributed by atoms with Gasteiger partial charge in [-0.1, -0.05) is 23.7 Å². The third-order valence-corrected chi connectivity index (χ3v) is 4.89. The van der Waals surface area contributed by atoms with Crippen LogP contribution in [0.1, 0.15) is 18.4 Å². The molecule has 1 aromatic carbocycles. The summed E-state index contributed by atoms with van der Waals surface area (Å²) in [4.78, 5) is 14.5. The van der Waals surface area contributed by atoms with Crippen LogP contribution in [0, 0.1) is 11.8 Å². The number of carbonyl (C=O) groups excluding carboxylic acids is 1. The van der Waals surface area contributed by atoms with Gasteiger partial charge in [-0.05, 0) is 55.5 Å². The van der Waals surface area contributed by atoms with Crippen LogP contribution in [0.15, 0.2) is 24.3 Å². The van der Waals surface area contributed by atoms with Crippen LogP contribution in [0.25, 0.3) is 0 Å². The van der Waals surface area contributed by atoms with Gasteiger partial charge in [-0.3, -0.25) is 4.79 Å². The van der Waals surface area contributed by atoms with E-state index in [2.05, 4.69) is 5.32 Å². The van der Waals surface area contributed by atoms with Gasteiger partial charge in [0, 0.05) is 18.1 Å². The molecule has 3 nitrogen and oxygen atoms in total. The summed E-state index contributed by atoms with van der Waals surface area (Å²) in [6.07, 6.45) is 2.78. The number of carbonyl (C=O) groups is 1. The second kappa shape index (κ2) is 6.15. The largest absolute Gasteiger partial charge is 0.342 e. The number of likely N-dealkylation sites (tertiary alicyclic amines) is 1. The molecule has 0 unspecified atom stereocenters. The Kier molecular flexibility index (Phi) is 4.27. The summed E-state index contributed by atoms with van der Waals surface area (Å²) in [5.41, 5.74) is 1.05. The molecule has 0 aromatic heterocycles. The standard InChI is InChI=1S/C16H21ClN2O/c17-15-3-1-12(2-4-15)9-16(20)19-7-5-13-10-18-11-14(13)6-8-19/h1-4,13-14,18H,5-11H2/t13-,14+. The van der Waals surface area contributed by atoms with Crippen LogP contribution < -0.4 is 5.32 Å². The third kappa shape index (κ3) is 3.15. The Labute approximate surface area is 125 Å². The number of nitrogens with one attached hydrogen (secondary N) is 1. The number of benzene rings is 1. The Morgan fingerprint density at radius 2 is 1.75 bits per heavy atom. The highest BCUT2D eigenvalue weighted by Gasteiger charge is 2.31. The van der Waals surface area contributed by atoms with Crippen molar-refractivity contribution in [2.45, 2.75) is 19.3 Å². The van der Waals surface area contributed by atoms with Gasteiger partial charge in [0.25, 0.3) is 0 Å². The maximum Gasteiger partial charge on any atom is 0.226 e.